The summed E-state index contributed by atoms with van der Waals surface area (Å²) in [6, 6.07) is -0.836. The molecule has 1 aliphatic rings. The lowest BCUT2D eigenvalue weighted by molar-refractivity contribution is -0.366. The average molecular weight is 276 g/mol. The van der Waals surface area contributed by atoms with Crippen molar-refractivity contribution in [2.75, 3.05) is 6.54 Å². The maximum Gasteiger partial charge on any atom is 0.240 e. The van der Waals surface area contributed by atoms with Gasteiger partial charge in [0, 0.05) is 18.9 Å². The number of hydrogen-bond donors (Lipinski definition) is 5. The fourth-order valence-corrected chi connectivity index (χ4v) is 2.26. The minimum Gasteiger partial charge on any atom is -0.368 e. The van der Waals surface area contributed by atoms with Crippen LogP contribution in [0.3, 0.4) is 0 Å². The van der Waals surface area contributed by atoms with Gasteiger partial charge in [0.2, 0.25) is 23.4 Å². The van der Waals surface area contributed by atoms with Crippen molar-refractivity contribution in [1.82, 2.24) is 4.90 Å². The van der Waals surface area contributed by atoms with Crippen LogP contribution in [0.1, 0.15) is 26.7 Å². The van der Waals surface area contributed by atoms with Crippen molar-refractivity contribution in [3.63, 3.8) is 0 Å². The molecule has 0 aromatic carbocycles. The molecule has 1 heterocycles. The van der Waals surface area contributed by atoms with Crippen molar-refractivity contribution < 1.29 is 30.0 Å². The molecule has 1 rings (SSSR count). The molecule has 6 N–H and O–H groups in total. The molecule has 2 unspecified atom stereocenters. The van der Waals surface area contributed by atoms with Crippen LogP contribution in [-0.4, -0.2) is 61.3 Å². The third-order valence-corrected chi connectivity index (χ3v) is 3.52. The number of nitrogens with zero attached hydrogens (tertiary/aromatic N) is 1. The molecule has 0 spiro atoms. The summed E-state index contributed by atoms with van der Waals surface area (Å²) in [5.41, 5.74) is 5.17. The molecule has 8 nitrogen and oxygen atoms in total. The van der Waals surface area contributed by atoms with E-state index < -0.39 is 35.3 Å². The quantitative estimate of drug-likeness (QED) is 0.350. The van der Waals surface area contributed by atoms with E-state index in [1.807, 2.05) is 0 Å². The normalized spacial score (nSPS) is 22.7. The first-order valence-corrected chi connectivity index (χ1v) is 6.00. The van der Waals surface area contributed by atoms with E-state index in [1.54, 1.807) is 6.92 Å². The summed E-state index contributed by atoms with van der Waals surface area (Å²) in [4.78, 5) is 24.2. The Morgan fingerprint density at radius 2 is 2.00 bits per heavy atom. The zero-order valence-corrected chi connectivity index (χ0v) is 10.9. The Kier molecular flexibility index (Phi) is 4.20. The van der Waals surface area contributed by atoms with Gasteiger partial charge in [0.1, 0.15) is 6.04 Å². The van der Waals surface area contributed by atoms with Gasteiger partial charge in [0.25, 0.3) is 0 Å². The molecule has 0 aliphatic carbocycles. The second kappa shape index (κ2) is 5.04. The van der Waals surface area contributed by atoms with E-state index in [0.29, 0.717) is 6.42 Å². The van der Waals surface area contributed by atoms with E-state index in [0.717, 1.165) is 11.8 Å². The van der Waals surface area contributed by atoms with E-state index in [9.17, 15) is 30.0 Å². The lowest BCUT2D eigenvalue weighted by Crippen LogP contribution is -2.58. The van der Waals surface area contributed by atoms with E-state index in [2.05, 4.69) is 0 Å². The maximum absolute atomic E-state index is 11.8. The molecular weight excluding hydrogens is 256 g/mol. The molecule has 19 heavy (non-hydrogen) atoms. The number of hydrogen-bond acceptors (Lipinski definition) is 6. The molecule has 1 fully saturated rings. The zero-order valence-electron chi connectivity index (χ0n) is 10.9. The molecule has 2 atom stereocenters. The van der Waals surface area contributed by atoms with Crippen molar-refractivity contribution >= 4 is 11.8 Å². The largest absolute Gasteiger partial charge is 0.368 e. The summed E-state index contributed by atoms with van der Waals surface area (Å²) in [5, 5.41) is 38.1. The minimum atomic E-state index is -2.85. The molecule has 1 saturated heterocycles. The summed E-state index contributed by atoms with van der Waals surface area (Å²) in [7, 11) is 0. The Bertz CT molecular complexity index is 376. The highest BCUT2D eigenvalue weighted by molar-refractivity contribution is 5.87. The highest BCUT2D eigenvalue weighted by Crippen LogP contribution is 2.34. The van der Waals surface area contributed by atoms with Gasteiger partial charge < -0.3 is 31.1 Å². The molecule has 0 radical (unpaired) electrons. The Morgan fingerprint density at radius 1 is 1.47 bits per heavy atom. The number of primary amides is 1. The molecule has 2 amide bonds. The van der Waals surface area contributed by atoms with Crippen LogP contribution in [0.25, 0.3) is 0 Å². The fourth-order valence-electron chi connectivity index (χ4n) is 2.26. The topological polar surface area (TPSA) is 144 Å². The average Bonchev–Trinajstić information content (AvgIpc) is 2.60. The summed E-state index contributed by atoms with van der Waals surface area (Å²) < 4.78 is 0. The predicted octanol–water partition coefficient (Wildman–Crippen LogP) is -2.52. The highest BCUT2D eigenvalue weighted by Gasteiger charge is 2.54. The van der Waals surface area contributed by atoms with E-state index in [-0.39, 0.29) is 13.0 Å². The van der Waals surface area contributed by atoms with Crippen LogP contribution in [0.4, 0.5) is 0 Å². The third kappa shape index (κ3) is 2.86. The monoisotopic (exact) mass is 276 g/mol. The second-order valence-corrected chi connectivity index (χ2v) is 5.02. The van der Waals surface area contributed by atoms with Gasteiger partial charge in [-0.05, 0) is 13.3 Å². The molecule has 0 saturated carbocycles. The van der Waals surface area contributed by atoms with Gasteiger partial charge in [-0.25, -0.2) is 0 Å². The van der Waals surface area contributed by atoms with Gasteiger partial charge in [-0.3, -0.25) is 9.59 Å². The Hall–Kier alpha value is -1.22. The van der Waals surface area contributed by atoms with E-state index in [1.165, 1.54) is 0 Å². The first-order chi connectivity index (χ1) is 8.52. The van der Waals surface area contributed by atoms with Crippen molar-refractivity contribution in [1.29, 1.82) is 0 Å². The van der Waals surface area contributed by atoms with Crippen LogP contribution in [0.5, 0.6) is 0 Å². The standard InChI is InChI=1S/C11H20N2O6/c1-3-7(9(12)15)13-5-6(4-8(13)14)11(18,19)10(2,16)17/h6-7,16-19H,3-5H2,1-2H3,(H2,12,15). The number of aliphatic hydroxyl groups is 4. The number of nitrogens with two attached hydrogens (primary N) is 1. The van der Waals surface area contributed by atoms with Gasteiger partial charge in [0.15, 0.2) is 0 Å². The number of likely N-dealkylation sites (tertiary alicyclic amines) is 1. The van der Waals surface area contributed by atoms with Gasteiger partial charge in [-0.15, -0.1) is 0 Å². The minimum absolute atomic E-state index is 0.177. The van der Waals surface area contributed by atoms with Crippen molar-refractivity contribution in [3.05, 3.63) is 0 Å². The molecule has 0 aromatic rings. The summed E-state index contributed by atoms with van der Waals surface area (Å²) in [5.74, 6) is -7.91. The summed E-state index contributed by atoms with van der Waals surface area (Å²) in [6.45, 7) is 2.30. The van der Waals surface area contributed by atoms with E-state index >= 15 is 0 Å². The van der Waals surface area contributed by atoms with Gasteiger partial charge in [0.05, 0.1) is 0 Å². The Balaban J connectivity index is 2.92. The van der Waals surface area contributed by atoms with Crippen molar-refractivity contribution in [2.45, 2.75) is 44.3 Å². The molecule has 8 heteroatoms. The van der Waals surface area contributed by atoms with Gasteiger partial charge >= 0.3 is 0 Å². The molecule has 0 aromatic heterocycles. The summed E-state index contributed by atoms with van der Waals surface area (Å²) in [6.07, 6.45) is 0.000653. The van der Waals surface area contributed by atoms with Crippen LogP contribution in [0, 0.1) is 5.92 Å². The predicted molar refractivity (Wildman–Crippen MR) is 63.1 cm³/mol. The van der Waals surface area contributed by atoms with Crippen LogP contribution in [0.2, 0.25) is 0 Å². The Morgan fingerprint density at radius 3 is 2.37 bits per heavy atom. The molecule has 110 valence electrons. The van der Waals surface area contributed by atoms with E-state index in [4.69, 9.17) is 5.73 Å². The van der Waals surface area contributed by atoms with Crippen LogP contribution < -0.4 is 5.73 Å². The molecule has 1 aliphatic heterocycles. The fraction of sp³-hybridized carbons (Fsp3) is 0.818. The second-order valence-electron chi connectivity index (χ2n) is 5.02. The van der Waals surface area contributed by atoms with Gasteiger partial charge in [-0.1, -0.05) is 6.92 Å². The Labute approximate surface area is 110 Å². The van der Waals surface area contributed by atoms with Crippen LogP contribution >= 0.6 is 0 Å². The number of carbonyl (C=O) groups is 2. The number of rotatable bonds is 5. The lowest BCUT2D eigenvalue weighted by atomic mass is 9.91. The summed E-state index contributed by atoms with van der Waals surface area (Å²) >= 11 is 0. The molecule has 0 bridgehead atoms. The zero-order chi connectivity index (χ0) is 15.0. The van der Waals surface area contributed by atoms with Crippen LogP contribution in [0.15, 0.2) is 0 Å². The number of carbonyl (C=O) groups excluding carboxylic acids is 2. The van der Waals surface area contributed by atoms with Crippen LogP contribution in [-0.2, 0) is 9.59 Å². The van der Waals surface area contributed by atoms with Crippen molar-refractivity contribution in [2.24, 2.45) is 11.7 Å². The number of amides is 2. The van der Waals surface area contributed by atoms with Gasteiger partial charge in [-0.2, -0.15) is 0 Å². The smallest absolute Gasteiger partial charge is 0.240 e. The molecular formula is C11H20N2O6. The highest BCUT2D eigenvalue weighted by atomic mass is 16.6. The lowest BCUT2D eigenvalue weighted by Gasteiger charge is -2.36. The maximum atomic E-state index is 11.8. The first-order valence-electron chi connectivity index (χ1n) is 6.00. The first kappa shape index (κ1) is 15.8. The third-order valence-electron chi connectivity index (χ3n) is 3.52. The van der Waals surface area contributed by atoms with Crippen molar-refractivity contribution in [3.8, 4) is 0 Å². The SMILES string of the molecule is CCC(C(N)=O)N1CC(C(O)(O)C(C)(O)O)CC1=O.